The van der Waals surface area contributed by atoms with Crippen LogP contribution >= 0.6 is 0 Å². The second-order valence-electron chi connectivity index (χ2n) is 4.33. The zero-order valence-corrected chi connectivity index (χ0v) is 10.6. The number of nitrogens with one attached hydrogen (secondary N) is 1. The Morgan fingerprint density at radius 1 is 1.35 bits per heavy atom. The first-order valence-corrected chi connectivity index (χ1v) is 5.67. The lowest BCUT2D eigenvalue weighted by Gasteiger charge is -2.18. The van der Waals surface area contributed by atoms with Crippen molar-refractivity contribution >= 4 is 5.91 Å². The third-order valence-corrected chi connectivity index (χ3v) is 2.41. The van der Waals surface area contributed by atoms with Crippen molar-refractivity contribution in [2.24, 2.45) is 5.73 Å². The predicted molar refractivity (Wildman–Crippen MR) is 67.4 cm³/mol. The van der Waals surface area contributed by atoms with Crippen molar-refractivity contribution in [3.05, 3.63) is 35.4 Å². The van der Waals surface area contributed by atoms with Crippen molar-refractivity contribution in [2.75, 3.05) is 7.11 Å². The van der Waals surface area contributed by atoms with Crippen molar-refractivity contribution in [2.45, 2.75) is 32.5 Å². The third kappa shape index (κ3) is 4.17. The topological polar surface area (TPSA) is 64.3 Å². The fourth-order valence-corrected chi connectivity index (χ4v) is 1.65. The normalized spacial score (nSPS) is 12.7. The van der Waals surface area contributed by atoms with Crippen LogP contribution in [-0.2, 0) is 16.1 Å². The molecule has 1 amide bonds. The van der Waals surface area contributed by atoms with E-state index in [4.69, 9.17) is 10.5 Å². The van der Waals surface area contributed by atoms with Crippen LogP contribution in [0.1, 0.15) is 31.0 Å². The summed E-state index contributed by atoms with van der Waals surface area (Å²) in [7, 11) is 1.65. The zero-order chi connectivity index (χ0) is 12.8. The minimum atomic E-state index is -0.438. The van der Waals surface area contributed by atoms with Crippen LogP contribution in [-0.4, -0.2) is 19.1 Å². The minimum absolute atomic E-state index is 0.200. The quantitative estimate of drug-likeness (QED) is 0.783. The molecule has 0 heterocycles. The third-order valence-electron chi connectivity index (χ3n) is 2.41. The highest BCUT2D eigenvalue weighted by molar-refractivity contribution is 5.81. The maximum absolute atomic E-state index is 11.4. The number of hydrogen-bond acceptors (Lipinski definition) is 3. The smallest absolute Gasteiger partial charge is 0.239 e. The van der Waals surface area contributed by atoms with Gasteiger partial charge in [0.2, 0.25) is 5.91 Å². The second kappa shape index (κ2) is 6.37. The molecule has 0 spiro atoms. The number of methoxy groups -OCH3 is 1. The van der Waals surface area contributed by atoms with Crippen molar-refractivity contribution in [1.29, 1.82) is 0 Å². The molecule has 3 N–H and O–H groups in total. The molecule has 1 unspecified atom stereocenters. The summed E-state index contributed by atoms with van der Waals surface area (Å²) in [6.07, 6.45) is 0. The van der Waals surface area contributed by atoms with E-state index in [1.807, 2.05) is 38.1 Å². The Kier molecular flexibility index (Phi) is 5.12. The molecular formula is C13H20N2O2. The average Bonchev–Trinajstić information content (AvgIpc) is 2.27. The summed E-state index contributed by atoms with van der Waals surface area (Å²) in [6.45, 7) is 4.53. The molecule has 0 aliphatic carbocycles. The van der Waals surface area contributed by atoms with E-state index >= 15 is 0 Å². The second-order valence-corrected chi connectivity index (χ2v) is 4.33. The van der Waals surface area contributed by atoms with Crippen molar-refractivity contribution in [3.8, 4) is 0 Å². The lowest BCUT2D eigenvalue weighted by atomic mass is 10.0. The van der Waals surface area contributed by atoms with Gasteiger partial charge in [-0.2, -0.15) is 0 Å². The predicted octanol–water partition coefficient (Wildman–Crippen LogP) is 1.36. The summed E-state index contributed by atoms with van der Waals surface area (Å²) in [5, 5.41) is 3.14. The van der Waals surface area contributed by atoms with Crippen LogP contribution in [0.4, 0.5) is 0 Å². The molecule has 1 aromatic carbocycles. The van der Waals surface area contributed by atoms with Crippen LogP contribution in [0.5, 0.6) is 0 Å². The largest absolute Gasteiger partial charge is 0.380 e. The first-order chi connectivity index (χ1) is 8.04. The molecule has 0 saturated carbocycles. The van der Waals surface area contributed by atoms with Crippen LogP contribution in [0.3, 0.4) is 0 Å². The summed E-state index contributed by atoms with van der Waals surface area (Å²) in [4.78, 5) is 11.4. The van der Waals surface area contributed by atoms with Crippen molar-refractivity contribution in [3.63, 3.8) is 0 Å². The SMILES string of the molecule is COCc1ccc(C(NC(C)C)C(N)=O)cc1. The highest BCUT2D eigenvalue weighted by Gasteiger charge is 2.17. The van der Waals surface area contributed by atoms with Crippen LogP contribution in [0.25, 0.3) is 0 Å². The average molecular weight is 236 g/mol. The van der Waals surface area contributed by atoms with Crippen LogP contribution in [0, 0.1) is 0 Å². The number of rotatable bonds is 6. The summed E-state index contributed by atoms with van der Waals surface area (Å²) in [5.74, 6) is -0.363. The summed E-state index contributed by atoms with van der Waals surface area (Å²) >= 11 is 0. The summed E-state index contributed by atoms with van der Waals surface area (Å²) in [5.41, 5.74) is 7.34. The maximum atomic E-state index is 11.4. The van der Waals surface area contributed by atoms with E-state index in [1.165, 1.54) is 0 Å². The first-order valence-electron chi connectivity index (χ1n) is 5.67. The van der Waals surface area contributed by atoms with Gasteiger partial charge >= 0.3 is 0 Å². The fourth-order valence-electron chi connectivity index (χ4n) is 1.65. The Morgan fingerprint density at radius 2 is 1.94 bits per heavy atom. The van der Waals surface area contributed by atoms with Gasteiger partial charge in [0, 0.05) is 13.2 Å². The number of ether oxygens (including phenoxy) is 1. The summed E-state index contributed by atoms with van der Waals surface area (Å²) in [6, 6.07) is 7.45. The molecule has 0 bridgehead atoms. The Balaban J connectivity index is 2.83. The van der Waals surface area contributed by atoms with Gasteiger partial charge in [0.1, 0.15) is 6.04 Å². The molecular weight excluding hydrogens is 216 g/mol. The lowest BCUT2D eigenvalue weighted by molar-refractivity contribution is -0.120. The van der Waals surface area contributed by atoms with Gasteiger partial charge in [0.25, 0.3) is 0 Å². The molecule has 1 atom stereocenters. The minimum Gasteiger partial charge on any atom is -0.380 e. The monoisotopic (exact) mass is 236 g/mol. The number of primary amides is 1. The Morgan fingerprint density at radius 3 is 2.35 bits per heavy atom. The van der Waals surface area contributed by atoms with Crippen molar-refractivity contribution in [1.82, 2.24) is 5.32 Å². The van der Waals surface area contributed by atoms with Crippen LogP contribution < -0.4 is 11.1 Å². The molecule has 4 nitrogen and oxygen atoms in total. The van der Waals surface area contributed by atoms with Gasteiger partial charge in [-0.05, 0) is 25.0 Å². The van der Waals surface area contributed by atoms with E-state index in [9.17, 15) is 4.79 Å². The number of amides is 1. The molecule has 17 heavy (non-hydrogen) atoms. The Bertz CT molecular complexity index is 360. The molecule has 0 aliphatic rings. The lowest BCUT2D eigenvalue weighted by Crippen LogP contribution is -2.37. The van der Waals surface area contributed by atoms with E-state index < -0.39 is 6.04 Å². The van der Waals surface area contributed by atoms with Gasteiger partial charge in [-0.15, -0.1) is 0 Å². The van der Waals surface area contributed by atoms with Gasteiger partial charge in [-0.1, -0.05) is 24.3 Å². The van der Waals surface area contributed by atoms with Crippen LogP contribution in [0.15, 0.2) is 24.3 Å². The maximum Gasteiger partial charge on any atom is 0.239 e. The molecule has 1 aromatic rings. The van der Waals surface area contributed by atoms with E-state index in [0.717, 1.165) is 11.1 Å². The van der Waals surface area contributed by atoms with Gasteiger partial charge < -0.3 is 10.5 Å². The molecule has 1 rings (SSSR count). The van der Waals surface area contributed by atoms with E-state index in [1.54, 1.807) is 7.11 Å². The first kappa shape index (κ1) is 13.7. The van der Waals surface area contributed by atoms with Gasteiger partial charge in [0.15, 0.2) is 0 Å². The zero-order valence-electron chi connectivity index (χ0n) is 10.6. The molecule has 0 aromatic heterocycles. The van der Waals surface area contributed by atoms with Gasteiger partial charge in [0.05, 0.1) is 6.61 Å². The standard InChI is InChI=1S/C13H20N2O2/c1-9(2)15-12(13(14)16)11-6-4-10(5-7-11)8-17-3/h4-7,9,12,15H,8H2,1-3H3,(H2,14,16). The highest BCUT2D eigenvalue weighted by atomic mass is 16.5. The van der Waals surface area contributed by atoms with E-state index in [2.05, 4.69) is 5.32 Å². The van der Waals surface area contributed by atoms with Gasteiger partial charge in [-0.25, -0.2) is 0 Å². The molecule has 0 saturated heterocycles. The number of hydrogen-bond donors (Lipinski definition) is 2. The number of carbonyl (C=O) groups excluding carboxylic acids is 1. The number of carbonyl (C=O) groups is 1. The Labute approximate surface area is 102 Å². The fraction of sp³-hybridized carbons (Fsp3) is 0.462. The highest BCUT2D eigenvalue weighted by Crippen LogP contribution is 2.15. The Hall–Kier alpha value is -1.39. The van der Waals surface area contributed by atoms with E-state index in [0.29, 0.717) is 6.61 Å². The van der Waals surface area contributed by atoms with E-state index in [-0.39, 0.29) is 11.9 Å². The number of benzene rings is 1. The molecule has 0 aliphatic heterocycles. The molecule has 0 fully saturated rings. The molecule has 4 heteroatoms. The molecule has 0 radical (unpaired) electrons. The molecule has 94 valence electrons. The summed E-state index contributed by atoms with van der Waals surface area (Å²) < 4.78 is 5.03. The van der Waals surface area contributed by atoms with Gasteiger partial charge in [-0.3, -0.25) is 10.1 Å². The number of nitrogens with two attached hydrogens (primary N) is 1. The van der Waals surface area contributed by atoms with Crippen molar-refractivity contribution < 1.29 is 9.53 Å². The van der Waals surface area contributed by atoms with Crippen LogP contribution in [0.2, 0.25) is 0 Å².